The van der Waals surface area contributed by atoms with Gasteiger partial charge >= 0.3 is 0 Å². The molecule has 1 spiro atoms. The van der Waals surface area contributed by atoms with Crippen LogP contribution in [0.5, 0.6) is 5.75 Å². The summed E-state index contributed by atoms with van der Waals surface area (Å²) in [5.74, 6) is 0.0463. The quantitative estimate of drug-likeness (QED) is 0.751. The molecular weight excluding hydrogens is 354 g/mol. The van der Waals surface area contributed by atoms with Crippen molar-refractivity contribution in [2.45, 2.75) is 39.0 Å². The van der Waals surface area contributed by atoms with Gasteiger partial charge in [-0.15, -0.1) is 0 Å². The molecule has 0 bridgehead atoms. The Labute approximate surface area is 166 Å². The number of ether oxygens (including phenoxy) is 3. The summed E-state index contributed by atoms with van der Waals surface area (Å²) in [5.41, 5.74) is 2.69. The van der Waals surface area contributed by atoms with Gasteiger partial charge in [0.1, 0.15) is 5.75 Å². The first-order valence-corrected chi connectivity index (χ1v) is 10.0. The Morgan fingerprint density at radius 3 is 2.50 bits per heavy atom. The van der Waals surface area contributed by atoms with Crippen LogP contribution in [0.4, 0.5) is 5.69 Å². The van der Waals surface area contributed by atoms with E-state index in [9.17, 15) is 4.79 Å². The van der Waals surface area contributed by atoms with Crippen molar-refractivity contribution in [2.75, 3.05) is 24.7 Å². The molecule has 2 aliphatic rings. The van der Waals surface area contributed by atoms with E-state index in [0.29, 0.717) is 32.3 Å². The van der Waals surface area contributed by atoms with Gasteiger partial charge in [0.15, 0.2) is 0 Å². The highest BCUT2D eigenvalue weighted by atomic mass is 16.7. The number of para-hydroxylation sites is 1. The highest BCUT2D eigenvalue weighted by molar-refractivity contribution is 6.06. The Bertz CT molecular complexity index is 825. The van der Waals surface area contributed by atoms with Crippen molar-refractivity contribution < 1.29 is 19.0 Å². The molecule has 0 aromatic heterocycles. The smallest absolute Gasteiger partial charge is 0.292 e. The van der Waals surface area contributed by atoms with Crippen LogP contribution in [-0.4, -0.2) is 25.7 Å². The van der Waals surface area contributed by atoms with E-state index in [1.807, 2.05) is 48.5 Å². The molecule has 1 fully saturated rings. The minimum Gasteiger partial charge on any atom is -0.494 e. The fourth-order valence-corrected chi connectivity index (χ4v) is 3.64. The molecule has 0 aliphatic carbocycles. The van der Waals surface area contributed by atoms with Crippen molar-refractivity contribution in [2.24, 2.45) is 5.92 Å². The van der Waals surface area contributed by atoms with Gasteiger partial charge in [0, 0.05) is 5.56 Å². The van der Waals surface area contributed by atoms with Gasteiger partial charge in [-0.3, -0.25) is 4.79 Å². The summed E-state index contributed by atoms with van der Waals surface area (Å²) in [6.07, 6.45) is 1.83. The molecule has 4 rings (SSSR count). The molecule has 28 heavy (non-hydrogen) atoms. The molecule has 0 atom stereocenters. The van der Waals surface area contributed by atoms with Crippen LogP contribution in [0.25, 0.3) is 0 Å². The predicted molar refractivity (Wildman–Crippen MR) is 107 cm³/mol. The largest absolute Gasteiger partial charge is 0.494 e. The monoisotopic (exact) mass is 381 g/mol. The summed E-state index contributed by atoms with van der Waals surface area (Å²) in [4.78, 5) is 15.0. The first-order chi connectivity index (χ1) is 13.6. The van der Waals surface area contributed by atoms with E-state index in [2.05, 4.69) is 13.8 Å². The highest BCUT2D eigenvalue weighted by Crippen LogP contribution is 2.45. The Hall–Kier alpha value is -2.37. The average Bonchev–Trinajstić information content (AvgIpc) is 2.93. The van der Waals surface area contributed by atoms with Crippen molar-refractivity contribution in [3.8, 4) is 5.75 Å². The molecule has 1 amide bonds. The molecule has 0 radical (unpaired) electrons. The number of hydrogen-bond acceptors (Lipinski definition) is 4. The SMILES string of the molecule is CC(C)CCOc1ccc(CN2C(=O)C3(OCCCO3)c3ccccc32)cc1. The maximum atomic E-state index is 13.3. The second-order valence-corrected chi connectivity index (χ2v) is 7.75. The highest BCUT2D eigenvalue weighted by Gasteiger charge is 2.54. The van der Waals surface area contributed by atoms with Gasteiger partial charge in [-0.05, 0) is 42.5 Å². The van der Waals surface area contributed by atoms with Gasteiger partial charge in [-0.1, -0.05) is 44.2 Å². The normalized spacial score (nSPS) is 18.0. The standard InChI is InChI=1S/C23H27NO4/c1-17(2)12-15-26-19-10-8-18(9-11-19)16-24-21-7-4-3-6-20(21)23(22(24)25)27-13-5-14-28-23/h3-4,6-11,17H,5,12-16H2,1-2H3. The molecule has 1 saturated heterocycles. The van der Waals surface area contributed by atoms with E-state index >= 15 is 0 Å². The van der Waals surface area contributed by atoms with Gasteiger partial charge in [0.2, 0.25) is 0 Å². The van der Waals surface area contributed by atoms with E-state index in [1.165, 1.54) is 0 Å². The number of rotatable bonds is 6. The second-order valence-electron chi connectivity index (χ2n) is 7.75. The predicted octanol–water partition coefficient (Wildman–Crippen LogP) is 4.25. The van der Waals surface area contributed by atoms with E-state index in [4.69, 9.17) is 14.2 Å². The second kappa shape index (κ2) is 7.94. The number of nitrogens with zero attached hydrogens (tertiary/aromatic N) is 1. The number of fused-ring (bicyclic) bond motifs is 2. The van der Waals surface area contributed by atoms with Gasteiger partial charge < -0.3 is 19.1 Å². The van der Waals surface area contributed by atoms with Crippen LogP contribution in [0.2, 0.25) is 0 Å². The molecule has 5 heteroatoms. The molecule has 148 valence electrons. The summed E-state index contributed by atoms with van der Waals surface area (Å²) in [5, 5.41) is 0. The van der Waals surface area contributed by atoms with Gasteiger partial charge in [-0.25, -0.2) is 0 Å². The zero-order valence-corrected chi connectivity index (χ0v) is 16.5. The first-order valence-electron chi connectivity index (χ1n) is 10.0. The van der Waals surface area contributed by atoms with Crippen LogP contribution in [0.3, 0.4) is 0 Å². The summed E-state index contributed by atoms with van der Waals surface area (Å²) in [6.45, 7) is 6.60. The van der Waals surface area contributed by atoms with Crippen molar-refractivity contribution >= 4 is 11.6 Å². The zero-order chi connectivity index (χ0) is 19.6. The Kier molecular flexibility index (Phi) is 5.38. The number of carbonyl (C=O) groups is 1. The lowest BCUT2D eigenvalue weighted by Crippen LogP contribution is -2.47. The fraction of sp³-hybridized carbons (Fsp3) is 0.435. The van der Waals surface area contributed by atoms with E-state index < -0.39 is 5.79 Å². The van der Waals surface area contributed by atoms with Crippen LogP contribution in [0, 0.1) is 5.92 Å². The third-order valence-electron chi connectivity index (χ3n) is 5.20. The summed E-state index contributed by atoms with van der Waals surface area (Å²) in [6, 6.07) is 15.7. The van der Waals surface area contributed by atoms with Crippen LogP contribution in [-0.2, 0) is 26.6 Å². The minimum absolute atomic E-state index is 0.148. The number of amides is 1. The van der Waals surface area contributed by atoms with Crippen molar-refractivity contribution in [3.63, 3.8) is 0 Å². The van der Waals surface area contributed by atoms with Crippen LogP contribution < -0.4 is 9.64 Å². The van der Waals surface area contributed by atoms with Crippen molar-refractivity contribution in [3.05, 3.63) is 59.7 Å². The Morgan fingerprint density at radius 2 is 1.79 bits per heavy atom. The fourth-order valence-electron chi connectivity index (χ4n) is 3.64. The van der Waals surface area contributed by atoms with Gasteiger partial charge in [0.05, 0.1) is 32.1 Å². The third kappa shape index (κ3) is 3.52. The molecule has 5 nitrogen and oxygen atoms in total. The Morgan fingerprint density at radius 1 is 1.07 bits per heavy atom. The summed E-state index contributed by atoms with van der Waals surface area (Å²) >= 11 is 0. The van der Waals surface area contributed by atoms with Crippen molar-refractivity contribution in [1.29, 1.82) is 0 Å². The van der Waals surface area contributed by atoms with Gasteiger partial charge in [0.25, 0.3) is 11.7 Å². The number of hydrogen-bond donors (Lipinski definition) is 0. The van der Waals surface area contributed by atoms with E-state index in [-0.39, 0.29) is 5.91 Å². The van der Waals surface area contributed by atoms with Crippen LogP contribution >= 0.6 is 0 Å². The number of anilines is 1. The number of carbonyl (C=O) groups excluding carboxylic acids is 1. The lowest BCUT2D eigenvalue weighted by atomic mass is 10.1. The summed E-state index contributed by atoms with van der Waals surface area (Å²) < 4.78 is 17.6. The van der Waals surface area contributed by atoms with Gasteiger partial charge in [-0.2, -0.15) is 0 Å². The van der Waals surface area contributed by atoms with Crippen LogP contribution in [0.1, 0.15) is 37.8 Å². The summed E-state index contributed by atoms with van der Waals surface area (Å²) in [7, 11) is 0. The van der Waals surface area contributed by atoms with E-state index in [0.717, 1.165) is 35.4 Å². The Balaban J connectivity index is 1.51. The number of benzene rings is 2. The molecular formula is C23H27NO4. The maximum Gasteiger partial charge on any atom is 0.292 e. The van der Waals surface area contributed by atoms with Crippen LogP contribution in [0.15, 0.2) is 48.5 Å². The molecule has 0 saturated carbocycles. The lowest BCUT2D eigenvalue weighted by Gasteiger charge is -2.32. The molecule has 0 N–H and O–H groups in total. The zero-order valence-electron chi connectivity index (χ0n) is 16.5. The molecule has 2 aromatic carbocycles. The first kappa shape index (κ1) is 19.0. The van der Waals surface area contributed by atoms with E-state index in [1.54, 1.807) is 4.90 Å². The molecule has 2 aromatic rings. The lowest BCUT2D eigenvalue weighted by molar-refractivity contribution is -0.256. The molecule has 0 unspecified atom stereocenters. The van der Waals surface area contributed by atoms with Crippen molar-refractivity contribution in [1.82, 2.24) is 0 Å². The topological polar surface area (TPSA) is 48.0 Å². The average molecular weight is 381 g/mol. The molecule has 2 aliphatic heterocycles. The maximum absolute atomic E-state index is 13.3. The molecule has 2 heterocycles. The minimum atomic E-state index is -1.28. The third-order valence-corrected chi connectivity index (χ3v) is 5.20.